The topological polar surface area (TPSA) is 73.3 Å². The van der Waals surface area contributed by atoms with Crippen LogP contribution in [0, 0.1) is 0 Å². The molecule has 2 aromatic heterocycles. The van der Waals surface area contributed by atoms with Crippen molar-refractivity contribution in [1.29, 1.82) is 0 Å². The van der Waals surface area contributed by atoms with E-state index in [0.717, 1.165) is 80.4 Å². The van der Waals surface area contributed by atoms with Crippen LogP contribution in [0.15, 0.2) is 128 Å². The number of nitrogens with zero attached hydrogens (tertiary/aromatic N) is 6. The van der Waals surface area contributed by atoms with Gasteiger partial charge in [-0.05, 0) is 61.3 Å². The molecule has 8 nitrogen and oxygen atoms in total. The van der Waals surface area contributed by atoms with E-state index in [9.17, 15) is 4.79 Å². The van der Waals surface area contributed by atoms with Crippen LogP contribution in [0.5, 0.6) is 0 Å². The first-order valence-corrected chi connectivity index (χ1v) is 17.5. The van der Waals surface area contributed by atoms with Gasteiger partial charge in [-0.15, -0.1) is 0 Å². The standard InChI is InChI=1S/C41H45N7O/c1-45(40(49)34-18-9-4-10-19-34)31-35(33-16-7-3-8-17-33)22-27-46-25-13-26-47(29-28-46)41-44-36-20-11-12-21-37(36)48(41)38(39-42-23-24-43-39)30-32-14-5-2-6-15-32/h2-12,14-21,23-24,35,38H,13,22,25-31H2,1H3,(H,42,43). The van der Waals surface area contributed by atoms with E-state index >= 15 is 0 Å². The number of hydrogen-bond donors (Lipinski definition) is 1. The second kappa shape index (κ2) is 15.3. The molecule has 1 fully saturated rings. The molecule has 1 saturated heterocycles. The van der Waals surface area contributed by atoms with Gasteiger partial charge in [0, 0.05) is 63.5 Å². The Balaban J connectivity index is 1.09. The second-order valence-corrected chi connectivity index (χ2v) is 13.1. The highest BCUT2D eigenvalue weighted by molar-refractivity contribution is 5.94. The second-order valence-electron chi connectivity index (χ2n) is 13.1. The molecule has 0 bridgehead atoms. The highest BCUT2D eigenvalue weighted by Gasteiger charge is 2.28. The molecule has 1 amide bonds. The van der Waals surface area contributed by atoms with Crippen molar-refractivity contribution in [3.05, 3.63) is 150 Å². The van der Waals surface area contributed by atoms with E-state index < -0.39 is 0 Å². The maximum Gasteiger partial charge on any atom is 0.253 e. The Morgan fingerprint density at radius 1 is 0.837 bits per heavy atom. The Hall–Kier alpha value is -5.21. The van der Waals surface area contributed by atoms with E-state index in [4.69, 9.17) is 9.97 Å². The first-order chi connectivity index (χ1) is 24.1. The Bertz CT molecular complexity index is 1910. The van der Waals surface area contributed by atoms with E-state index in [2.05, 4.69) is 104 Å². The molecule has 0 radical (unpaired) electrons. The maximum absolute atomic E-state index is 13.2. The molecule has 4 aromatic carbocycles. The predicted octanol–water partition coefficient (Wildman–Crippen LogP) is 7.05. The number of nitrogens with one attached hydrogen (secondary N) is 1. The molecule has 1 aliphatic heterocycles. The zero-order valence-corrected chi connectivity index (χ0v) is 28.2. The largest absolute Gasteiger partial charge is 0.347 e. The molecular formula is C41H45N7O. The van der Waals surface area contributed by atoms with Crippen molar-refractivity contribution in [2.24, 2.45) is 0 Å². The third kappa shape index (κ3) is 7.60. The van der Waals surface area contributed by atoms with Gasteiger partial charge in [-0.3, -0.25) is 9.36 Å². The summed E-state index contributed by atoms with van der Waals surface area (Å²) >= 11 is 0. The number of hydrogen-bond acceptors (Lipinski definition) is 5. The van der Waals surface area contributed by atoms with Gasteiger partial charge >= 0.3 is 0 Å². The first kappa shape index (κ1) is 32.3. The van der Waals surface area contributed by atoms with Gasteiger partial charge in [0.05, 0.1) is 17.1 Å². The lowest BCUT2D eigenvalue weighted by Crippen LogP contribution is -2.35. The van der Waals surface area contributed by atoms with E-state index in [-0.39, 0.29) is 17.9 Å². The van der Waals surface area contributed by atoms with Crippen LogP contribution in [0.4, 0.5) is 5.95 Å². The number of imidazole rings is 2. The highest BCUT2D eigenvalue weighted by Crippen LogP contribution is 2.32. The molecule has 49 heavy (non-hydrogen) atoms. The summed E-state index contributed by atoms with van der Waals surface area (Å²) in [5, 5.41) is 0. The Kier molecular flexibility index (Phi) is 10.1. The zero-order chi connectivity index (χ0) is 33.4. The van der Waals surface area contributed by atoms with Crippen molar-refractivity contribution in [3.63, 3.8) is 0 Å². The SMILES string of the molecule is CN(CC(CCN1CCCN(c2nc3ccccc3n2C(Cc2ccccc2)c2ncc[nH]2)CC1)c1ccccc1)C(=O)c1ccccc1. The van der Waals surface area contributed by atoms with Crippen molar-refractivity contribution in [1.82, 2.24) is 29.3 Å². The van der Waals surface area contributed by atoms with E-state index in [0.29, 0.717) is 6.54 Å². The smallest absolute Gasteiger partial charge is 0.253 e. The average Bonchev–Trinajstić information content (AvgIpc) is 3.76. The van der Waals surface area contributed by atoms with Gasteiger partial charge in [0.2, 0.25) is 5.95 Å². The molecule has 250 valence electrons. The molecule has 0 saturated carbocycles. The van der Waals surface area contributed by atoms with Crippen LogP contribution < -0.4 is 4.90 Å². The van der Waals surface area contributed by atoms with E-state index in [1.807, 2.05) is 54.7 Å². The molecule has 1 N–H and O–H groups in total. The van der Waals surface area contributed by atoms with Crippen LogP contribution in [0.3, 0.4) is 0 Å². The van der Waals surface area contributed by atoms with Gasteiger partial charge < -0.3 is 19.7 Å². The number of amides is 1. The summed E-state index contributed by atoms with van der Waals surface area (Å²) in [6, 6.07) is 39.3. The molecule has 2 unspecified atom stereocenters. The summed E-state index contributed by atoms with van der Waals surface area (Å²) in [7, 11) is 1.93. The number of aromatic amines is 1. The highest BCUT2D eigenvalue weighted by atomic mass is 16.2. The number of para-hydroxylation sites is 2. The molecule has 6 aromatic rings. The number of carbonyl (C=O) groups is 1. The summed E-state index contributed by atoms with van der Waals surface area (Å²) in [4.78, 5) is 33.6. The van der Waals surface area contributed by atoms with Crippen LogP contribution in [0.2, 0.25) is 0 Å². The van der Waals surface area contributed by atoms with Gasteiger partial charge in [-0.2, -0.15) is 0 Å². The number of anilines is 1. The lowest BCUT2D eigenvalue weighted by molar-refractivity contribution is 0.0782. The number of fused-ring (bicyclic) bond motifs is 1. The van der Waals surface area contributed by atoms with Gasteiger partial charge in [-0.1, -0.05) is 91.0 Å². The monoisotopic (exact) mass is 651 g/mol. The minimum absolute atomic E-state index is 0.0265. The summed E-state index contributed by atoms with van der Waals surface area (Å²) in [6.45, 7) is 5.46. The maximum atomic E-state index is 13.2. The van der Waals surface area contributed by atoms with E-state index in [1.165, 1.54) is 11.1 Å². The molecule has 1 aliphatic rings. The third-order valence-corrected chi connectivity index (χ3v) is 9.79. The Morgan fingerprint density at radius 3 is 2.31 bits per heavy atom. The van der Waals surface area contributed by atoms with E-state index in [1.54, 1.807) is 0 Å². The van der Waals surface area contributed by atoms with Crippen molar-refractivity contribution >= 4 is 22.9 Å². The normalized spacial score (nSPS) is 15.2. The lowest BCUT2D eigenvalue weighted by atomic mass is 9.94. The van der Waals surface area contributed by atoms with Crippen LogP contribution in [0.1, 0.15) is 52.1 Å². The molecule has 2 atom stereocenters. The van der Waals surface area contributed by atoms with Crippen LogP contribution >= 0.6 is 0 Å². The summed E-state index contributed by atoms with van der Waals surface area (Å²) in [5.74, 6) is 2.25. The number of carbonyl (C=O) groups excluding carboxylic acids is 1. The fraction of sp³-hybridized carbons (Fsp3) is 0.293. The number of benzene rings is 4. The predicted molar refractivity (Wildman–Crippen MR) is 197 cm³/mol. The first-order valence-electron chi connectivity index (χ1n) is 17.5. The average molecular weight is 652 g/mol. The summed E-state index contributed by atoms with van der Waals surface area (Å²) in [6.07, 6.45) is 6.59. The third-order valence-electron chi connectivity index (χ3n) is 9.79. The van der Waals surface area contributed by atoms with Crippen LogP contribution in [-0.4, -0.2) is 81.5 Å². The summed E-state index contributed by atoms with van der Waals surface area (Å²) in [5.41, 5.74) is 5.40. The van der Waals surface area contributed by atoms with Gasteiger partial charge in [-0.25, -0.2) is 9.97 Å². The molecule has 0 spiro atoms. The number of likely N-dealkylation sites (N-methyl/N-ethyl adjacent to an activating group) is 1. The quantitative estimate of drug-likeness (QED) is 0.154. The number of aromatic nitrogens is 4. The molecule has 3 heterocycles. The van der Waals surface area contributed by atoms with Crippen molar-refractivity contribution in [2.45, 2.75) is 31.2 Å². The Labute approximate surface area is 289 Å². The van der Waals surface area contributed by atoms with Gasteiger partial charge in [0.25, 0.3) is 5.91 Å². The molecule has 8 heteroatoms. The van der Waals surface area contributed by atoms with Crippen molar-refractivity contribution in [2.75, 3.05) is 51.2 Å². The number of H-pyrrole nitrogens is 1. The van der Waals surface area contributed by atoms with Gasteiger partial charge in [0.1, 0.15) is 5.82 Å². The fourth-order valence-corrected chi connectivity index (χ4v) is 7.21. The van der Waals surface area contributed by atoms with Crippen LogP contribution in [-0.2, 0) is 6.42 Å². The van der Waals surface area contributed by atoms with Crippen molar-refractivity contribution < 1.29 is 4.79 Å². The molecular weight excluding hydrogens is 606 g/mol. The van der Waals surface area contributed by atoms with Crippen molar-refractivity contribution in [3.8, 4) is 0 Å². The molecule has 7 rings (SSSR count). The minimum Gasteiger partial charge on any atom is -0.347 e. The Morgan fingerprint density at radius 2 is 1.55 bits per heavy atom. The lowest BCUT2D eigenvalue weighted by Gasteiger charge is -2.28. The summed E-state index contributed by atoms with van der Waals surface area (Å²) < 4.78 is 2.40. The fourth-order valence-electron chi connectivity index (χ4n) is 7.21. The van der Waals surface area contributed by atoms with Crippen LogP contribution in [0.25, 0.3) is 11.0 Å². The number of rotatable bonds is 12. The minimum atomic E-state index is -0.0265. The zero-order valence-electron chi connectivity index (χ0n) is 28.2. The molecule has 0 aliphatic carbocycles. The van der Waals surface area contributed by atoms with Gasteiger partial charge in [0.15, 0.2) is 0 Å².